The number of rotatable bonds is 0. The highest BCUT2D eigenvalue weighted by Gasteiger charge is 2.70. The molecule has 0 aromatic rings. The van der Waals surface area contributed by atoms with Crippen molar-refractivity contribution >= 4 is 11.6 Å². The van der Waals surface area contributed by atoms with Gasteiger partial charge < -0.3 is 10.2 Å². The molecule has 5 rings (SSSR count). The molecule has 0 radical (unpaired) electrons. The summed E-state index contributed by atoms with van der Waals surface area (Å²) in [5.41, 5.74) is 2.13. The van der Waals surface area contributed by atoms with Gasteiger partial charge in [0.2, 0.25) is 0 Å². The Labute approximate surface area is 193 Å². The Balaban J connectivity index is 1.57. The number of carbonyl (C=O) groups is 2. The maximum atomic E-state index is 12.7. The van der Waals surface area contributed by atoms with Crippen molar-refractivity contribution in [2.45, 2.75) is 105 Å². The van der Waals surface area contributed by atoms with E-state index in [1.165, 1.54) is 5.57 Å². The Morgan fingerprint density at radius 1 is 0.844 bits per heavy atom. The second-order valence-corrected chi connectivity index (χ2v) is 13.3. The average molecular weight is 443 g/mol. The van der Waals surface area contributed by atoms with Crippen molar-refractivity contribution < 1.29 is 19.8 Å². The number of allylic oxidation sites excluding steroid dienone is 1. The van der Waals surface area contributed by atoms with Gasteiger partial charge in [0.25, 0.3) is 0 Å². The summed E-state index contributed by atoms with van der Waals surface area (Å²) in [4.78, 5) is 25.3. The number of fused-ring (bicyclic) bond motifs is 7. The van der Waals surface area contributed by atoms with Crippen molar-refractivity contribution in [2.75, 3.05) is 0 Å². The van der Waals surface area contributed by atoms with Crippen LogP contribution in [0.1, 0.15) is 92.9 Å². The highest BCUT2D eigenvalue weighted by Crippen LogP contribution is 2.76. The van der Waals surface area contributed by atoms with Gasteiger partial charge in [0.05, 0.1) is 0 Å². The Morgan fingerprint density at radius 3 is 2.09 bits per heavy atom. The molecule has 0 saturated heterocycles. The first-order valence-electron chi connectivity index (χ1n) is 12.9. The fraction of sp³-hybridized carbons (Fsp3) is 0.857. The first-order chi connectivity index (χ1) is 14.8. The Hall–Kier alpha value is -1.00. The van der Waals surface area contributed by atoms with Crippen LogP contribution in [-0.4, -0.2) is 34.0 Å². The molecule has 0 unspecified atom stereocenters. The maximum absolute atomic E-state index is 12.7. The van der Waals surface area contributed by atoms with Gasteiger partial charge in [-0.3, -0.25) is 9.59 Å². The normalized spacial score (nSPS) is 55.6. The van der Waals surface area contributed by atoms with Crippen molar-refractivity contribution in [1.82, 2.24) is 0 Å². The molecule has 178 valence electrons. The van der Waals surface area contributed by atoms with Crippen LogP contribution in [0.15, 0.2) is 11.1 Å². The minimum Gasteiger partial charge on any atom is -0.385 e. The zero-order valence-corrected chi connectivity index (χ0v) is 20.8. The van der Waals surface area contributed by atoms with Gasteiger partial charge in [-0.15, -0.1) is 0 Å². The molecule has 2 N–H and O–H groups in total. The van der Waals surface area contributed by atoms with Gasteiger partial charge in [-0.1, -0.05) is 40.2 Å². The maximum Gasteiger partial charge on any atom is 0.186 e. The fourth-order valence-electron chi connectivity index (χ4n) is 10.0. The number of aliphatic hydroxyl groups excluding tert-OH is 2. The van der Waals surface area contributed by atoms with Crippen LogP contribution in [0.5, 0.6) is 0 Å². The lowest BCUT2D eigenvalue weighted by Crippen LogP contribution is -2.68. The molecule has 0 spiro atoms. The molecular weight excluding hydrogens is 400 g/mol. The van der Waals surface area contributed by atoms with E-state index in [2.05, 4.69) is 27.7 Å². The molecule has 10 atom stereocenters. The first-order valence-corrected chi connectivity index (χ1v) is 12.9. The molecule has 4 fully saturated rings. The van der Waals surface area contributed by atoms with Crippen LogP contribution >= 0.6 is 0 Å². The molecule has 4 saturated carbocycles. The third kappa shape index (κ3) is 2.52. The van der Waals surface area contributed by atoms with Crippen molar-refractivity contribution in [3.8, 4) is 0 Å². The van der Waals surface area contributed by atoms with Crippen molar-refractivity contribution in [1.29, 1.82) is 0 Å². The monoisotopic (exact) mass is 442 g/mol. The van der Waals surface area contributed by atoms with Crippen LogP contribution in [0.3, 0.4) is 0 Å². The van der Waals surface area contributed by atoms with E-state index in [0.29, 0.717) is 24.2 Å². The van der Waals surface area contributed by atoms with E-state index >= 15 is 0 Å². The van der Waals surface area contributed by atoms with Gasteiger partial charge in [0, 0.05) is 11.3 Å². The fourth-order valence-corrected chi connectivity index (χ4v) is 10.0. The Bertz CT molecular complexity index is 905. The van der Waals surface area contributed by atoms with Gasteiger partial charge in [-0.2, -0.15) is 0 Å². The summed E-state index contributed by atoms with van der Waals surface area (Å²) in [6.45, 7) is 13.5. The molecule has 0 amide bonds. The minimum absolute atomic E-state index is 0.0420. The summed E-state index contributed by atoms with van der Waals surface area (Å²) in [6.07, 6.45) is 6.00. The summed E-state index contributed by atoms with van der Waals surface area (Å²) < 4.78 is 0. The van der Waals surface area contributed by atoms with Crippen molar-refractivity contribution in [3.63, 3.8) is 0 Å². The molecule has 4 nitrogen and oxygen atoms in total. The lowest BCUT2D eigenvalue weighted by molar-refractivity contribution is -0.242. The number of carbonyl (C=O) groups excluding carboxylic acids is 2. The lowest BCUT2D eigenvalue weighted by Gasteiger charge is -2.73. The van der Waals surface area contributed by atoms with Gasteiger partial charge in [-0.25, -0.2) is 0 Å². The Kier molecular flexibility index (Phi) is 4.83. The molecule has 0 bridgehead atoms. The van der Waals surface area contributed by atoms with Crippen LogP contribution in [-0.2, 0) is 9.59 Å². The highest BCUT2D eigenvalue weighted by atomic mass is 16.3. The molecule has 5 aliphatic rings. The molecule has 0 aromatic heterocycles. The van der Waals surface area contributed by atoms with Crippen LogP contribution in [0, 0.1) is 45.3 Å². The minimum atomic E-state index is -0.851. The third-order valence-electron chi connectivity index (χ3n) is 12.3. The van der Waals surface area contributed by atoms with E-state index in [1.807, 2.05) is 13.8 Å². The quantitative estimate of drug-likeness (QED) is 0.562. The molecule has 5 aliphatic carbocycles. The topological polar surface area (TPSA) is 74.6 Å². The van der Waals surface area contributed by atoms with Gasteiger partial charge in [-0.05, 0) is 97.9 Å². The molecule has 0 heterocycles. The molecule has 4 heteroatoms. The first kappa shape index (κ1) is 22.8. The summed E-state index contributed by atoms with van der Waals surface area (Å²) in [5, 5.41) is 21.7. The number of Topliss-reactive ketones (excluding diaryl/α,β-unsaturated/α-hetero) is 2. The average Bonchev–Trinajstić information content (AvgIpc) is 2.75. The van der Waals surface area contributed by atoms with E-state index < -0.39 is 12.2 Å². The second kappa shape index (κ2) is 6.78. The number of hydrogen-bond donors (Lipinski definition) is 2. The number of aliphatic hydroxyl groups is 2. The van der Waals surface area contributed by atoms with E-state index in [4.69, 9.17) is 0 Å². The number of hydrogen-bond acceptors (Lipinski definition) is 4. The van der Waals surface area contributed by atoms with Gasteiger partial charge in [0.15, 0.2) is 11.6 Å². The predicted molar refractivity (Wildman–Crippen MR) is 124 cm³/mol. The van der Waals surface area contributed by atoms with E-state index in [0.717, 1.165) is 50.5 Å². The summed E-state index contributed by atoms with van der Waals surface area (Å²) >= 11 is 0. The zero-order chi connectivity index (χ0) is 23.4. The van der Waals surface area contributed by atoms with Crippen molar-refractivity contribution in [3.05, 3.63) is 11.1 Å². The largest absolute Gasteiger partial charge is 0.385 e. The number of ketones is 2. The van der Waals surface area contributed by atoms with Crippen LogP contribution in [0.25, 0.3) is 0 Å². The van der Waals surface area contributed by atoms with Crippen LogP contribution < -0.4 is 0 Å². The van der Waals surface area contributed by atoms with E-state index in [-0.39, 0.29) is 39.1 Å². The van der Waals surface area contributed by atoms with Crippen LogP contribution in [0.4, 0.5) is 0 Å². The second-order valence-electron chi connectivity index (χ2n) is 13.3. The SMILES string of the molecule is CC1=C2CC[C@H]3[C@](C)(CC[C@@]4(C)[C@@H]5C[C@@H](C)C(=O)[C@@H](O)[C@]5(C)CC[C@]34C)[C@@H]2C[C@H](O)C1=O. The van der Waals surface area contributed by atoms with E-state index in [1.54, 1.807) is 0 Å². The summed E-state index contributed by atoms with van der Waals surface area (Å²) in [6, 6.07) is 0. The molecule has 32 heavy (non-hydrogen) atoms. The standard InChI is InChI=1S/C28H42O4/c1-15-13-21-26(4,24(32)22(15)30)10-12-27(5)20-8-7-17-16(2)23(31)19(29)14-18(17)25(20,3)9-11-28(21,27)6/h15,18-21,24,29,32H,7-14H2,1-6H3/t15-,18-,19+,20+,21-,24-,25-,26-,27-,28+/m1/s1. The van der Waals surface area contributed by atoms with E-state index in [9.17, 15) is 19.8 Å². The summed E-state index contributed by atoms with van der Waals surface area (Å²) in [5.74, 6) is 1.08. The highest BCUT2D eigenvalue weighted by molar-refractivity contribution is 6.00. The predicted octanol–water partition coefficient (Wildman–Crippen LogP) is 4.86. The third-order valence-corrected chi connectivity index (χ3v) is 12.3. The smallest absolute Gasteiger partial charge is 0.186 e. The molecular formula is C28H42O4. The van der Waals surface area contributed by atoms with Gasteiger partial charge >= 0.3 is 0 Å². The van der Waals surface area contributed by atoms with Gasteiger partial charge in [0.1, 0.15) is 12.2 Å². The Morgan fingerprint density at radius 2 is 1.44 bits per heavy atom. The van der Waals surface area contributed by atoms with Crippen LogP contribution in [0.2, 0.25) is 0 Å². The summed E-state index contributed by atoms with van der Waals surface area (Å²) in [7, 11) is 0. The lowest BCUT2D eigenvalue weighted by atomic mass is 9.32. The molecule has 0 aromatic carbocycles. The van der Waals surface area contributed by atoms with Crippen molar-refractivity contribution in [2.24, 2.45) is 45.3 Å². The molecule has 0 aliphatic heterocycles. The zero-order valence-electron chi connectivity index (χ0n) is 20.8.